The molecule has 0 saturated carbocycles. The van der Waals surface area contributed by atoms with Crippen LogP contribution in [-0.4, -0.2) is 25.3 Å². The summed E-state index contributed by atoms with van der Waals surface area (Å²) in [5.74, 6) is 0. The molecule has 19 heavy (non-hydrogen) atoms. The van der Waals surface area contributed by atoms with E-state index in [0.29, 0.717) is 5.41 Å². The van der Waals surface area contributed by atoms with Crippen molar-refractivity contribution in [2.24, 2.45) is 5.41 Å². The van der Waals surface area contributed by atoms with E-state index in [2.05, 4.69) is 53.5 Å². The monoisotopic (exact) mass is 345 g/mol. The summed E-state index contributed by atoms with van der Waals surface area (Å²) in [4.78, 5) is 1.48. The van der Waals surface area contributed by atoms with E-state index in [4.69, 9.17) is 4.74 Å². The van der Waals surface area contributed by atoms with Gasteiger partial charge in [-0.2, -0.15) is 0 Å². The molecular formula is C15H24BrNOS. The minimum absolute atomic E-state index is 0.182. The molecule has 2 rings (SSSR count). The Morgan fingerprint density at radius 2 is 2.05 bits per heavy atom. The normalized spacial score (nSPS) is 19.6. The molecule has 0 atom stereocenters. The zero-order valence-corrected chi connectivity index (χ0v) is 14.5. The van der Waals surface area contributed by atoms with Crippen molar-refractivity contribution in [1.82, 2.24) is 5.32 Å². The molecule has 0 amide bonds. The molecule has 0 aliphatic carbocycles. The first-order valence-corrected chi connectivity index (χ1v) is 8.62. The Hall–Kier alpha value is 0.1000. The van der Waals surface area contributed by atoms with E-state index < -0.39 is 0 Å². The highest BCUT2D eigenvalue weighted by atomic mass is 79.9. The van der Waals surface area contributed by atoms with E-state index in [1.807, 2.05) is 11.3 Å². The molecule has 108 valence electrons. The summed E-state index contributed by atoms with van der Waals surface area (Å²) < 4.78 is 6.77. The lowest BCUT2D eigenvalue weighted by Crippen LogP contribution is -2.47. The van der Waals surface area contributed by atoms with Gasteiger partial charge in [-0.25, -0.2) is 0 Å². The van der Waals surface area contributed by atoms with E-state index in [-0.39, 0.29) is 5.54 Å². The number of rotatable bonds is 4. The summed E-state index contributed by atoms with van der Waals surface area (Å²) >= 11 is 5.42. The first kappa shape index (κ1) is 15.5. The van der Waals surface area contributed by atoms with E-state index in [9.17, 15) is 0 Å². The minimum atomic E-state index is 0.182. The fourth-order valence-corrected chi connectivity index (χ4v) is 4.11. The van der Waals surface area contributed by atoms with E-state index in [1.54, 1.807) is 0 Å². The molecule has 0 aromatic carbocycles. The molecule has 0 unspecified atom stereocenters. The molecule has 0 spiro atoms. The van der Waals surface area contributed by atoms with Gasteiger partial charge in [-0.15, -0.1) is 11.3 Å². The van der Waals surface area contributed by atoms with Crippen molar-refractivity contribution in [2.75, 3.05) is 19.8 Å². The SMILES string of the molecule is CC(C)(C)NCC1(Cc2cc(Br)cs2)CCOCC1. The van der Waals surface area contributed by atoms with Crippen LogP contribution in [0.4, 0.5) is 0 Å². The summed E-state index contributed by atoms with van der Waals surface area (Å²) in [6, 6.07) is 2.26. The Kier molecular flexibility index (Phi) is 5.09. The highest BCUT2D eigenvalue weighted by molar-refractivity contribution is 9.10. The van der Waals surface area contributed by atoms with Gasteiger partial charge in [0.1, 0.15) is 0 Å². The maximum absolute atomic E-state index is 5.57. The smallest absolute Gasteiger partial charge is 0.0471 e. The highest BCUT2D eigenvalue weighted by Gasteiger charge is 2.34. The second-order valence-electron chi connectivity index (χ2n) is 6.62. The van der Waals surface area contributed by atoms with Gasteiger partial charge in [-0.1, -0.05) is 0 Å². The lowest BCUT2D eigenvalue weighted by molar-refractivity contribution is 0.0125. The van der Waals surface area contributed by atoms with Crippen molar-refractivity contribution in [3.63, 3.8) is 0 Å². The average molecular weight is 346 g/mol. The fraction of sp³-hybridized carbons (Fsp3) is 0.733. The van der Waals surface area contributed by atoms with Gasteiger partial charge in [-0.05, 0) is 67.4 Å². The molecule has 0 radical (unpaired) electrons. The Labute approximate surface area is 129 Å². The third kappa shape index (κ3) is 4.85. The van der Waals surface area contributed by atoms with Gasteiger partial charge in [0.15, 0.2) is 0 Å². The molecule has 0 bridgehead atoms. The van der Waals surface area contributed by atoms with Crippen molar-refractivity contribution in [1.29, 1.82) is 0 Å². The summed E-state index contributed by atoms with van der Waals surface area (Å²) in [5, 5.41) is 5.88. The van der Waals surface area contributed by atoms with Crippen LogP contribution in [0.5, 0.6) is 0 Å². The van der Waals surface area contributed by atoms with Crippen LogP contribution in [0.2, 0.25) is 0 Å². The van der Waals surface area contributed by atoms with Crippen molar-refractivity contribution in [3.05, 3.63) is 20.8 Å². The van der Waals surface area contributed by atoms with Crippen LogP contribution in [0.3, 0.4) is 0 Å². The van der Waals surface area contributed by atoms with Crippen LogP contribution in [0.1, 0.15) is 38.5 Å². The topological polar surface area (TPSA) is 21.3 Å². The molecule has 1 aromatic heterocycles. The van der Waals surface area contributed by atoms with Crippen LogP contribution in [0.25, 0.3) is 0 Å². The third-order valence-electron chi connectivity index (χ3n) is 3.72. The fourth-order valence-electron chi connectivity index (χ4n) is 2.49. The predicted octanol–water partition coefficient (Wildman–Crippen LogP) is 4.24. The molecule has 1 aliphatic heterocycles. The van der Waals surface area contributed by atoms with Crippen molar-refractivity contribution in [2.45, 2.75) is 45.6 Å². The standard InChI is InChI=1S/C15H24BrNOS/c1-14(2,3)17-11-15(4-6-18-7-5-15)9-13-8-12(16)10-19-13/h8,10,17H,4-7,9,11H2,1-3H3. The maximum Gasteiger partial charge on any atom is 0.0471 e. The number of nitrogens with one attached hydrogen (secondary N) is 1. The van der Waals surface area contributed by atoms with Crippen LogP contribution in [0.15, 0.2) is 15.9 Å². The minimum Gasteiger partial charge on any atom is -0.381 e. The van der Waals surface area contributed by atoms with Gasteiger partial charge in [0.2, 0.25) is 0 Å². The quantitative estimate of drug-likeness (QED) is 0.881. The number of thiophene rings is 1. The van der Waals surface area contributed by atoms with Gasteiger partial charge in [0.25, 0.3) is 0 Å². The zero-order valence-electron chi connectivity index (χ0n) is 12.1. The van der Waals surface area contributed by atoms with E-state index in [1.165, 1.54) is 9.35 Å². The second-order valence-corrected chi connectivity index (χ2v) is 8.54. The molecule has 1 saturated heterocycles. The Bertz CT molecular complexity index is 405. The van der Waals surface area contributed by atoms with E-state index >= 15 is 0 Å². The molecule has 1 N–H and O–H groups in total. The Morgan fingerprint density at radius 3 is 2.58 bits per heavy atom. The lowest BCUT2D eigenvalue weighted by Gasteiger charge is -2.39. The van der Waals surface area contributed by atoms with Gasteiger partial charge >= 0.3 is 0 Å². The number of halogens is 1. The van der Waals surface area contributed by atoms with Crippen molar-refractivity contribution >= 4 is 27.3 Å². The average Bonchev–Trinajstić information content (AvgIpc) is 2.73. The second kappa shape index (κ2) is 6.25. The van der Waals surface area contributed by atoms with Gasteiger partial charge in [0, 0.05) is 40.0 Å². The van der Waals surface area contributed by atoms with Crippen LogP contribution >= 0.6 is 27.3 Å². The highest BCUT2D eigenvalue weighted by Crippen LogP contribution is 2.36. The van der Waals surface area contributed by atoms with Crippen molar-refractivity contribution in [3.8, 4) is 0 Å². The van der Waals surface area contributed by atoms with Gasteiger partial charge in [0.05, 0.1) is 0 Å². The number of hydrogen-bond acceptors (Lipinski definition) is 3. The molecule has 2 heterocycles. The van der Waals surface area contributed by atoms with Crippen LogP contribution in [0, 0.1) is 5.41 Å². The number of hydrogen-bond donors (Lipinski definition) is 1. The van der Waals surface area contributed by atoms with Crippen LogP contribution < -0.4 is 5.32 Å². The van der Waals surface area contributed by atoms with E-state index in [0.717, 1.165) is 39.0 Å². The molecule has 1 aromatic rings. The molecule has 1 aliphatic rings. The number of ether oxygens (including phenoxy) is 1. The summed E-state index contributed by atoms with van der Waals surface area (Å²) in [5.41, 5.74) is 0.539. The lowest BCUT2D eigenvalue weighted by atomic mass is 9.76. The summed E-state index contributed by atoms with van der Waals surface area (Å²) in [6.45, 7) is 9.59. The molecular weight excluding hydrogens is 322 g/mol. The van der Waals surface area contributed by atoms with Gasteiger partial charge in [-0.3, -0.25) is 0 Å². The predicted molar refractivity (Wildman–Crippen MR) is 86.0 cm³/mol. The first-order valence-electron chi connectivity index (χ1n) is 6.94. The maximum atomic E-state index is 5.57. The Morgan fingerprint density at radius 1 is 1.37 bits per heavy atom. The third-order valence-corrected chi connectivity index (χ3v) is 5.42. The molecule has 2 nitrogen and oxygen atoms in total. The Balaban J connectivity index is 2.05. The van der Waals surface area contributed by atoms with Crippen LogP contribution in [-0.2, 0) is 11.2 Å². The zero-order chi connectivity index (χ0) is 13.9. The first-order chi connectivity index (χ1) is 8.89. The molecule has 1 fully saturated rings. The van der Waals surface area contributed by atoms with Gasteiger partial charge < -0.3 is 10.1 Å². The largest absolute Gasteiger partial charge is 0.381 e. The van der Waals surface area contributed by atoms with Crippen molar-refractivity contribution < 1.29 is 4.74 Å². The molecule has 4 heteroatoms. The summed E-state index contributed by atoms with van der Waals surface area (Å²) in [6.07, 6.45) is 3.48. The summed E-state index contributed by atoms with van der Waals surface area (Å²) in [7, 11) is 0.